The molecule has 3 heteroatoms. The topological polar surface area (TPSA) is 24.5 Å². The third kappa shape index (κ3) is 4.22. The Morgan fingerprint density at radius 2 is 2.16 bits per heavy atom. The van der Waals surface area contributed by atoms with Crippen molar-refractivity contribution in [2.24, 2.45) is 5.41 Å². The fourth-order valence-corrected chi connectivity index (χ4v) is 2.74. The van der Waals surface area contributed by atoms with Gasteiger partial charge in [0.05, 0.1) is 7.11 Å². The highest BCUT2D eigenvalue weighted by atomic mass is 16.5. The molecule has 106 valence electrons. The van der Waals surface area contributed by atoms with E-state index in [9.17, 15) is 0 Å². The molecule has 19 heavy (non-hydrogen) atoms. The van der Waals surface area contributed by atoms with Gasteiger partial charge >= 0.3 is 0 Å². The first-order chi connectivity index (χ1) is 9.17. The van der Waals surface area contributed by atoms with Gasteiger partial charge in [-0.3, -0.25) is 0 Å². The Morgan fingerprint density at radius 1 is 1.37 bits per heavy atom. The van der Waals surface area contributed by atoms with Crippen molar-refractivity contribution in [3.63, 3.8) is 0 Å². The number of hydrogen-bond acceptors (Lipinski definition) is 3. The molecular weight excluding hydrogens is 236 g/mol. The number of rotatable bonds is 8. The molecule has 0 spiro atoms. The molecule has 0 saturated heterocycles. The monoisotopic (exact) mass is 262 g/mol. The summed E-state index contributed by atoms with van der Waals surface area (Å²) in [5.74, 6) is 0.953. The van der Waals surface area contributed by atoms with E-state index in [1.54, 1.807) is 7.11 Å². The number of benzene rings is 1. The Bertz CT molecular complexity index is 401. The van der Waals surface area contributed by atoms with Gasteiger partial charge in [-0.25, -0.2) is 0 Å². The highest BCUT2D eigenvalue weighted by molar-refractivity contribution is 5.28. The number of methoxy groups -OCH3 is 1. The summed E-state index contributed by atoms with van der Waals surface area (Å²) in [6.45, 7) is 3.47. The maximum Gasteiger partial charge on any atom is 0.119 e. The average molecular weight is 262 g/mol. The summed E-state index contributed by atoms with van der Waals surface area (Å²) in [7, 11) is 6.01. The van der Waals surface area contributed by atoms with Gasteiger partial charge in [0, 0.05) is 19.6 Å². The summed E-state index contributed by atoms with van der Waals surface area (Å²) >= 11 is 0. The Balaban J connectivity index is 1.78. The quantitative estimate of drug-likeness (QED) is 0.777. The number of hydrogen-bond donors (Lipinski definition) is 1. The van der Waals surface area contributed by atoms with Gasteiger partial charge in [0.2, 0.25) is 0 Å². The van der Waals surface area contributed by atoms with E-state index in [2.05, 4.69) is 42.5 Å². The number of ether oxygens (including phenoxy) is 1. The molecule has 0 radical (unpaired) electrons. The molecule has 2 rings (SSSR count). The SMILES string of the molecule is CNCC1(CN(C)CCc2cccc(OC)c2)CC1. The van der Waals surface area contributed by atoms with Crippen molar-refractivity contribution >= 4 is 0 Å². The van der Waals surface area contributed by atoms with E-state index >= 15 is 0 Å². The highest BCUT2D eigenvalue weighted by Gasteiger charge is 2.42. The largest absolute Gasteiger partial charge is 0.497 e. The van der Waals surface area contributed by atoms with Gasteiger partial charge in [-0.05, 0) is 56.5 Å². The number of likely N-dealkylation sites (N-methyl/N-ethyl adjacent to an activating group) is 1. The lowest BCUT2D eigenvalue weighted by molar-refractivity contribution is 0.262. The maximum atomic E-state index is 5.26. The van der Waals surface area contributed by atoms with Crippen LogP contribution in [0, 0.1) is 5.41 Å². The lowest BCUT2D eigenvalue weighted by Crippen LogP contribution is -2.33. The molecule has 1 N–H and O–H groups in total. The van der Waals surface area contributed by atoms with Crippen molar-refractivity contribution in [1.82, 2.24) is 10.2 Å². The third-order valence-electron chi connectivity index (χ3n) is 4.03. The van der Waals surface area contributed by atoms with Crippen LogP contribution >= 0.6 is 0 Å². The molecule has 1 saturated carbocycles. The van der Waals surface area contributed by atoms with Crippen LogP contribution in [0.1, 0.15) is 18.4 Å². The molecular formula is C16H26N2O. The van der Waals surface area contributed by atoms with Gasteiger partial charge in [-0.1, -0.05) is 12.1 Å². The molecule has 3 nitrogen and oxygen atoms in total. The fraction of sp³-hybridized carbons (Fsp3) is 0.625. The zero-order valence-electron chi connectivity index (χ0n) is 12.4. The van der Waals surface area contributed by atoms with Crippen molar-refractivity contribution in [3.8, 4) is 5.75 Å². The zero-order chi connectivity index (χ0) is 13.7. The summed E-state index contributed by atoms with van der Waals surface area (Å²) in [6.07, 6.45) is 3.83. The molecule has 1 aromatic carbocycles. The smallest absolute Gasteiger partial charge is 0.119 e. The number of nitrogens with zero attached hydrogens (tertiary/aromatic N) is 1. The van der Waals surface area contributed by atoms with Crippen LogP contribution in [0.2, 0.25) is 0 Å². The standard InChI is InChI=1S/C16H26N2O/c1-17-12-16(8-9-16)13-18(2)10-7-14-5-4-6-15(11-14)19-3/h4-6,11,17H,7-10,12-13H2,1-3H3. The second-order valence-electron chi connectivity index (χ2n) is 5.87. The molecule has 0 atom stereocenters. The fourth-order valence-electron chi connectivity index (χ4n) is 2.74. The minimum Gasteiger partial charge on any atom is -0.497 e. The Kier molecular flexibility index (Phi) is 4.83. The van der Waals surface area contributed by atoms with E-state index in [4.69, 9.17) is 4.74 Å². The predicted molar refractivity (Wildman–Crippen MR) is 79.8 cm³/mol. The van der Waals surface area contributed by atoms with E-state index in [1.807, 2.05) is 6.07 Å². The van der Waals surface area contributed by atoms with Crippen LogP contribution in [0.3, 0.4) is 0 Å². The molecule has 1 aromatic rings. The van der Waals surface area contributed by atoms with E-state index in [1.165, 1.54) is 24.9 Å². The average Bonchev–Trinajstić information content (AvgIpc) is 3.16. The van der Waals surface area contributed by atoms with E-state index < -0.39 is 0 Å². The summed E-state index contributed by atoms with van der Waals surface area (Å²) in [5, 5.41) is 3.32. The molecule has 0 heterocycles. The van der Waals surface area contributed by atoms with E-state index in [0.717, 1.165) is 25.3 Å². The third-order valence-corrected chi connectivity index (χ3v) is 4.03. The van der Waals surface area contributed by atoms with E-state index in [-0.39, 0.29) is 0 Å². The van der Waals surface area contributed by atoms with Gasteiger partial charge in [0.1, 0.15) is 5.75 Å². The minimum absolute atomic E-state index is 0.553. The summed E-state index contributed by atoms with van der Waals surface area (Å²) in [4.78, 5) is 2.46. The van der Waals surface area contributed by atoms with Crippen LogP contribution in [0.15, 0.2) is 24.3 Å². The van der Waals surface area contributed by atoms with Gasteiger partial charge in [0.15, 0.2) is 0 Å². The second-order valence-corrected chi connectivity index (χ2v) is 5.87. The first-order valence-corrected chi connectivity index (χ1v) is 7.13. The molecule has 0 bridgehead atoms. The molecule has 1 aliphatic rings. The molecule has 0 unspecified atom stereocenters. The number of nitrogens with one attached hydrogen (secondary N) is 1. The van der Waals surface area contributed by atoms with Crippen molar-refractivity contribution < 1.29 is 4.74 Å². The van der Waals surface area contributed by atoms with Crippen LogP contribution in [-0.2, 0) is 6.42 Å². The molecule has 0 amide bonds. The normalized spacial score (nSPS) is 16.6. The van der Waals surface area contributed by atoms with Gasteiger partial charge in [0.25, 0.3) is 0 Å². The maximum absolute atomic E-state index is 5.26. The van der Waals surface area contributed by atoms with Crippen LogP contribution in [-0.4, -0.2) is 45.7 Å². The Hall–Kier alpha value is -1.06. The first-order valence-electron chi connectivity index (χ1n) is 7.13. The van der Waals surface area contributed by atoms with Crippen molar-refractivity contribution in [2.45, 2.75) is 19.3 Å². The highest BCUT2D eigenvalue weighted by Crippen LogP contribution is 2.45. The van der Waals surface area contributed by atoms with Gasteiger partial charge < -0.3 is 15.0 Å². The van der Waals surface area contributed by atoms with Crippen LogP contribution in [0.25, 0.3) is 0 Å². The van der Waals surface area contributed by atoms with Crippen molar-refractivity contribution in [2.75, 3.05) is 40.8 Å². The van der Waals surface area contributed by atoms with Crippen LogP contribution in [0.5, 0.6) is 5.75 Å². The molecule has 1 aliphatic carbocycles. The molecule has 0 aliphatic heterocycles. The van der Waals surface area contributed by atoms with Crippen LogP contribution < -0.4 is 10.1 Å². The van der Waals surface area contributed by atoms with Gasteiger partial charge in [-0.15, -0.1) is 0 Å². The molecule has 1 fully saturated rings. The summed E-state index contributed by atoms with van der Waals surface area (Å²) < 4.78 is 5.26. The lowest BCUT2D eigenvalue weighted by atomic mass is 10.1. The van der Waals surface area contributed by atoms with Crippen molar-refractivity contribution in [1.29, 1.82) is 0 Å². The van der Waals surface area contributed by atoms with Crippen LogP contribution in [0.4, 0.5) is 0 Å². The predicted octanol–water partition coefficient (Wildman–Crippen LogP) is 2.17. The molecule has 0 aromatic heterocycles. The Morgan fingerprint density at radius 3 is 2.79 bits per heavy atom. The minimum atomic E-state index is 0.553. The summed E-state index contributed by atoms with van der Waals surface area (Å²) in [6, 6.07) is 8.38. The summed E-state index contributed by atoms with van der Waals surface area (Å²) in [5.41, 5.74) is 1.90. The lowest BCUT2D eigenvalue weighted by Gasteiger charge is -2.23. The Labute approximate surface area is 116 Å². The second kappa shape index (κ2) is 6.40. The van der Waals surface area contributed by atoms with E-state index in [0.29, 0.717) is 5.41 Å². The zero-order valence-corrected chi connectivity index (χ0v) is 12.4. The first kappa shape index (κ1) is 14.4. The van der Waals surface area contributed by atoms with Crippen molar-refractivity contribution in [3.05, 3.63) is 29.8 Å². The van der Waals surface area contributed by atoms with Gasteiger partial charge in [-0.2, -0.15) is 0 Å².